The normalized spacial score (nSPS) is 11.7. The van der Waals surface area contributed by atoms with Crippen LogP contribution < -0.4 is 10.6 Å². The third-order valence-corrected chi connectivity index (χ3v) is 4.68. The lowest BCUT2D eigenvalue weighted by molar-refractivity contribution is -0.139. The molecule has 0 unspecified atom stereocenters. The average Bonchev–Trinajstić information content (AvgIpc) is 2.88. The molecule has 21 heavy (non-hydrogen) atoms. The summed E-state index contributed by atoms with van der Waals surface area (Å²) in [7, 11) is 0. The summed E-state index contributed by atoms with van der Waals surface area (Å²) in [6.45, 7) is 0.339. The molecule has 3 N–H and O–H groups in total. The Bertz CT molecular complexity index is 630. The number of benzene rings is 1. The average molecular weight is 369 g/mol. The summed E-state index contributed by atoms with van der Waals surface area (Å²) >= 11 is 4.88. The van der Waals surface area contributed by atoms with Crippen molar-refractivity contribution in [1.29, 1.82) is 0 Å². The number of amides is 2. The highest BCUT2D eigenvalue weighted by Crippen LogP contribution is 2.22. The topological polar surface area (TPSA) is 78.4 Å². The van der Waals surface area contributed by atoms with E-state index in [1.165, 1.54) is 11.3 Å². The molecule has 0 spiro atoms. The molecule has 5 nitrogen and oxygen atoms in total. The van der Waals surface area contributed by atoms with E-state index in [0.717, 1.165) is 9.35 Å². The van der Waals surface area contributed by atoms with Crippen molar-refractivity contribution in [2.24, 2.45) is 0 Å². The molecule has 2 rings (SSSR count). The molecular formula is C14H13BrN2O3S. The van der Waals surface area contributed by atoms with E-state index < -0.39 is 18.0 Å². The van der Waals surface area contributed by atoms with Gasteiger partial charge in [0.15, 0.2) is 6.04 Å². The van der Waals surface area contributed by atoms with Crippen LogP contribution in [0, 0.1) is 0 Å². The fourth-order valence-electron chi connectivity index (χ4n) is 1.73. The molecule has 2 amide bonds. The van der Waals surface area contributed by atoms with Crippen molar-refractivity contribution in [1.82, 2.24) is 10.6 Å². The zero-order valence-electron chi connectivity index (χ0n) is 10.9. The third-order valence-electron chi connectivity index (χ3n) is 2.76. The van der Waals surface area contributed by atoms with Gasteiger partial charge in [0.1, 0.15) is 0 Å². The Morgan fingerprint density at radius 3 is 2.52 bits per heavy atom. The summed E-state index contributed by atoms with van der Waals surface area (Å²) in [6.07, 6.45) is 0. The van der Waals surface area contributed by atoms with E-state index in [1.807, 2.05) is 11.4 Å². The summed E-state index contributed by atoms with van der Waals surface area (Å²) in [5, 5.41) is 16.2. The molecule has 1 atom stereocenters. The molecule has 1 aromatic carbocycles. The van der Waals surface area contributed by atoms with Crippen molar-refractivity contribution >= 4 is 39.3 Å². The second-order valence-electron chi connectivity index (χ2n) is 4.20. The van der Waals surface area contributed by atoms with Gasteiger partial charge in [0.2, 0.25) is 0 Å². The predicted octanol–water partition coefficient (Wildman–Crippen LogP) is 3.14. The fraction of sp³-hybridized carbons (Fsp3) is 0.143. The molecule has 0 fully saturated rings. The van der Waals surface area contributed by atoms with Gasteiger partial charge in [-0.05, 0) is 32.9 Å². The molecule has 1 aromatic heterocycles. The number of aliphatic carboxylic acids is 1. The Hall–Kier alpha value is -1.86. The molecule has 110 valence electrons. The van der Waals surface area contributed by atoms with Crippen LogP contribution in [0.1, 0.15) is 16.5 Å². The Morgan fingerprint density at radius 1 is 1.24 bits per heavy atom. The number of rotatable bonds is 5. The number of nitrogens with one attached hydrogen (secondary N) is 2. The van der Waals surface area contributed by atoms with Gasteiger partial charge in [-0.25, -0.2) is 9.59 Å². The first-order chi connectivity index (χ1) is 10.1. The summed E-state index contributed by atoms with van der Waals surface area (Å²) in [6, 6.07) is 8.87. The second kappa shape index (κ2) is 7.24. The molecule has 1 heterocycles. The van der Waals surface area contributed by atoms with Crippen LogP contribution in [-0.4, -0.2) is 17.1 Å². The number of hydrogen-bond donors (Lipinski definition) is 3. The van der Waals surface area contributed by atoms with Gasteiger partial charge in [-0.15, -0.1) is 11.3 Å². The molecule has 0 radical (unpaired) electrons. The largest absolute Gasteiger partial charge is 0.479 e. The lowest BCUT2D eigenvalue weighted by Gasteiger charge is -2.15. The van der Waals surface area contributed by atoms with Crippen molar-refractivity contribution in [2.45, 2.75) is 12.6 Å². The summed E-state index contributed by atoms with van der Waals surface area (Å²) in [4.78, 5) is 24.1. The maximum atomic E-state index is 11.8. The van der Waals surface area contributed by atoms with E-state index in [-0.39, 0.29) is 0 Å². The summed E-state index contributed by atoms with van der Waals surface area (Å²) < 4.78 is 0.922. The number of carboxylic acids is 1. The number of carboxylic acid groups (broad SMARTS) is 1. The molecular weight excluding hydrogens is 356 g/mol. The second-order valence-corrected chi connectivity index (χ2v) is 6.06. The Kier molecular flexibility index (Phi) is 5.35. The summed E-state index contributed by atoms with van der Waals surface area (Å²) in [5.41, 5.74) is 0.525. The molecule has 0 aliphatic rings. The van der Waals surface area contributed by atoms with Crippen LogP contribution in [0.5, 0.6) is 0 Å². The van der Waals surface area contributed by atoms with Gasteiger partial charge in [0, 0.05) is 9.35 Å². The Balaban J connectivity index is 1.96. The first-order valence-corrected chi connectivity index (χ1v) is 7.79. The van der Waals surface area contributed by atoms with Gasteiger partial charge >= 0.3 is 12.0 Å². The Morgan fingerprint density at radius 2 is 1.95 bits per heavy atom. The number of carbonyl (C=O) groups excluding carboxylic acids is 1. The van der Waals surface area contributed by atoms with Crippen molar-refractivity contribution in [3.05, 3.63) is 56.7 Å². The fourth-order valence-corrected chi connectivity index (χ4v) is 3.16. The minimum atomic E-state index is -1.10. The predicted molar refractivity (Wildman–Crippen MR) is 84.2 cm³/mol. The number of urea groups is 1. The van der Waals surface area contributed by atoms with Crippen LogP contribution >= 0.6 is 27.3 Å². The molecule has 7 heteroatoms. The smallest absolute Gasteiger partial charge is 0.330 e. The minimum Gasteiger partial charge on any atom is -0.479 e. The van der Waals surface area contributed by atoms with Crippen LogP contribution in [0.4, 0.5) is 4.79 Å². The minimum absolute atomic E-state index is 0.339. The molecule has 0 saturated heterocycles. The van der Waals surface area contributed by atoms with E-state index in [2.05, 4.69) is 26.6 Å². The van der Waals surface area contributed by atoms with Crippen LogP contribution in [0.15, 0.2) is 46.3 Å². The van der Waals surface area contributed by atoms with Crippen LogP contribution in [-0.2, 0) is 11.3 Å². The number of thiophene rings is 1. The molecule has 2 aromatic rings. The Labute approximate surface area is 134 Å². The molecule has 0 saturated carbocycles. The van der Waals surface area contributed by atoms with E-state index >= 15 is 0 Å². The monoisotopic (exact) mass is 368 g/mol. The van der Waals surface area contributed by atoms with Crippen LogP contribution in [0.3, 0.4) is 0 Å². The highest BCUT2D eigenvalue weighted by Gasteiger charge is 2.21. The van der Waals surface area contributed by atoms with Gasteiger partial charge in [0.25, 0.3) is 0 Å². The summed E-state index contributed by atoms with van der Waals surface area (Å²) in [5.74, 6) is -1.10. The number of halogens is 1. The van der Waals surface area contributed by atoms with Crippen LogP contribution in [0.2, 0.25) is 0 Å². The van der Waals surface area contributed by atoms with Gasteiger partial charge < -0.3 is 15.7 Å². The number of hydrogen-bond acceptors (Lipinski definition) is 3. The lowest BCUT2D eigenvalue weighted by Crippen LogP contribution is -2.40. The first kappa shape index (κ1) is 15.5. The van der Waals surface area contributed by atoms with E-state index in [4.69, 9.17) is 0 Å². The standard InChI is InChI=1S/C14H13BrN2O3S/c15-10-6-7-21-11(10)8-16-14(20)17-12(13(18)19)9-4-2-1-3-5-9/h1-7,12H,8H2,(H,18,19)(H2,16,17,20)/t12-/m0/s1. The van der Waals surface area contributed by atoms with Crippen LogP contribution in [0.25, 0.3) is 0 Å². The van der Waals surface area contributed by atoms with Gasteiger partial charge in [-0.3, -0.25) is 0 Å². The van der Waals surface area contributed by atoms with Crippen molar-refractivity contribution in [2.75, 3.05) is 0 Å². The molecule has 0 bridgehead atoms. The zero-order valence-corrected chi connectivity index (χ0v) is 13.3. The SMILES string of the molecule is O=C(NCc1sccc1Br)N[C@H](C(=O)O)c1ccccc1. The zero-order chi connectivity index (χ0) is 15.2. The highest BCUT2D eigenvalue weighted by atomic mass is 79.9. The quantitative estimate of drug-likeness (QED) is 0.758. The van der Waals surface area contributed by atoms with E-state index in [9.17, 15) is 14.7 Å². The highest BCUT2D eigenvalue weighted by molar-refractivity contribution is 9.10. The number of carbonyl (C=O) groups is 2. The van der Waals surface area contributed by atoms with Gasteiger partial charge in [-0.2, -0.15) is 0 Å². The van der Waals surface area contributed by atoms with Crippen molar-refractivity contribution in [3.63, 3.8) is 0 Å². The maximum Gasteiger partial charge on any atom is 0.330 e. The van der Waals surface area contributed by atoms with Gasteiger partial charge in [-0.1, -0.05) is 30.3 Å². The maximum absolute atomic E-state index is 11.8. The molecule has 0 aliphatic carbocycles. The molecule has 0 aliphatic heterocycles. The van der Waals surface area contributed by atoms with Crippen molar-refractivity contribution in [3.8, 4) is 0 Å². The van der Waals surface area contributed by atoms with E-state index in [0.29, 0.717) is 12.1 Å². The third kappa shape index (κ3) is 4.30. The van der Waals surface area contributed by atoms with Gasteiger partial charge in [0.05, 0.1) is 6.54 Å². The van der Waals surface area contributed by atoms with Crippen molar-refractivity contribution < 1.29 is 14.7 Å². The van der Waals surface area contributed by atoms with E-state index in [1.54, 1.807) is 30.3 Å². The first-order valence-electron chi connectivity index (χ1n) is 6.12. The lowest BCUT2D eigenvalue weighted by atomic mass is 10.1.